The number of piperidine rings is 1. The zero-order valence-corrected chi connectivity index (χ0v) is 11.8. The van der Waals surface area contributed by atoms with Gasteiger partial charge in [-0.15, -0.1) is 0 Å². The van der Waals surface area contributed by atoms with Crippen LogP contribution in [0.3, 0.4) is 0 Å². The first-order valence-electron chi connectivity index (χ1n) is 6.72. The minimum Gasteiger partial charge on any atom is -0.382 e. The first-order valence-corrected chi connectivity index (χ1v) is 7.09. The van der Waals surface area contributed by atoms with Gasteiger partial charge in [0.2, 0.25) is 0 Å². The number of anilines is 1. The first kappa shape index (κ1) is 12.7. The third-order valence-corrected chi connectivity index (χ3v) is 4.11. The van der Waals surface area contributed by atoms with Crippen molar-refractivity contribution in [1.82, 2.24) is 9.88 Å². The average Bonchev–Trinajstić information content (AvgIpc) is 2.42. The van der Waals surface area contributed by atoms with Crippen LogP contribution in [0.15, 0.2) is 30.5 Å². The molecule has 0 spiro atoms. The molecule has 0 aliphatic carbocycles. The van der Waals surface area contributed by atoms with E-state index in [1.807, 2.05) is 6.07 Å². The number of likely N-dealkylation sites (tertiary alicyclic amines) is 1. The van der Waals surface area contributed by atoms with E-state index in [4.69, 9.17) is 11.6 Å². The number of hydrogen-bond acceptors (Lipinski definition) is 3. The van der Waals surface area contributed by atoms with Gasteiger partial charge in [-0.05, 0) is 56.6 Å². The maximum atomic E-state index is 6.15. The summed E-state index contributed by atoms with van der Waals surface area (Å²) in [5, 5.41) is 6.33. The molecule has 0 saturated carbocycles. The van der Waals surface area contributed by atoms with Crippen molar-refractivity contribution in [2.75, 3.05) is 25.5 Å². The Morgan fingerprint density at radius 3 is 2.84 bits per heavy atom. The van der Waals surface area contributed by atoms with E-state index in [2.05, 4.69) is 40.4 Å². The van der Waals surface area contributed by atoms with Crippen molar-refractivity contribution in [1.29, 1.82) is 0 Å². The maximum Gasteiger partial charge on any atom is 0.136 e. The fraction of sp³-hybridized carbons (Fsp3) is 0.400. The Balaban J connectivity index is 1.80. The molecule has 2 aromatic rings. The van der Waals surface area contributed by atoms with E-state index >= 15 is 0 Å². The summed E-state index contributed by atoms with van der Waals surface area (Å²) in [5.74, 6) is 0. The van der Waals surface area contributed by atoms with Gasteiger partial charge in [0, 0.05) is 23.3 Å². The van der Waals surface area contributed by atoms with Crippen LogP contribution in [0.4, 0.5) is 5.69 Å². The van der Waals surface area contributed by atoms with Gasteiger partial charge in [-0.3, -0.25) is 0 Å². The topological polar surface area (TPSA) is 28.2 Å². The third-order valence-electron chi connectivity index (χ3n) is 3.81. The lowest BCUT2D eigenvalue weighted by Gasteiger charge is -2.30. The van der Waals surface area contributed by atoms with E-state index in [-0.39, 0.29) is 0 Å². The number of aromatic nitrogens is 1. The van der Waals surface area contributed by atoms with Crippen molar-refractivity contribution in [2.24, 2.45) is 0 Å². The van der Waals surface area contributed by atoms with E-state index < -0.39 is 0 Å². The van der Waals surface area contributed by atoms with Crippen LogP contribution in [0.1, 0.15) is 12.8 Å². The van der Waals surface area contributed by atoms with E-state index in [0.29, 0.717) is 11.2 Å². The number of benzene rings is 1. The highest BCUT2D eigenvalue weighted by atomic mass is 35.5. The maximum absolute atomic E-state index is 6.15. The summed E-state index contributed by atoms with van der Waals surface area (Å²) in [6, 6.07) is 8.87. The second-order valence-electron chi connectivity index (χ2n) is 5.26. The molecule has 1 aromatic carbocycles. The van der Waals surface area contributed by atoms with E-state index in [9.17, 15) is 0 Å². The van der Waals surface area contributed by atoms with Crippen LogP contribution in [-0.2, 0) is 0 Å². The van der Waals surface area contributed by atoms with Crippen LogP contribution < -0.4 is 5.32 Å². The predicted octanol–water partition coefficient (Wildman–Crippen LogP) is 3.39. The van der Waals surface area contributed by atoms with E-state index in [0.717, 1.165) is 29.5 Å². The van der Waals surface area contributed by atoms with Crippen molar-refractivity contribution in [3.63, 3.8) is 0 Å². The second-order valence-corrected chi connectivity index (χ2v) is 5.62. The van der Waals surface area contributed by atoms with Gasteiger partial charge < -0.3 is 10.2 Å². The molecule has 1 fully saturated rings. The number of halogens is 1. The molecule has 2 heterocycles. The van der Waals surface area contributed by atoms with Crippen molar-refractivity contribution in [3.05, 3.63) is 35.6 Å². The Morgan fingerprint density at radius 1 is 1.26 bits per heavy atom. The number of rotatable bonds is 2. The fourth-order valence-electron chi connectivity index (χ4n) is 2.61. The molecular formula is C15H18ClN3. The second kappa shape index (κ2) is 5.35. The van der Waals surface area contributed by atoms with Crippen LogP contribution in [-0.4, -0.2) is 36.1 Å². The lowest BCUT2D eigenvalue weighted by molar-refractivity contribution is 0.264. The summed E-state index contributed by atoms with van der Waals surface area (Å²) in [4.78, 5) is 6.51. The van der Waals surface area contributed by atoms with Crippen LogP contribution in [0.5, 0.6) is 0 Å². The predicted molar refractivity (Wildman–Crippen MR) is 80.9 cm³/mol. The summed E-state index contributed by atoms with van der Waals surface area (Å²) in [6.07, 6.45) is 4.12. The van der Waals surface area contributed by atoms with Crippen molar-refractivity contribution >= 4 is 28.1 Å². The molecule has 100 valence electrons. The molecule has 3 nitrogen and oxygen atoms in total. The molecule has 0 radical (unpaired) electrons. The highest BCUT2D eigenvalue weighted by Crippen LogP contribution is 2.25. The van der Waals surface area contributed by atoms with Crippen LogP contribution >= 0.6 is 11.6 Å². The summed E-state index contributed by atoms with van der Waals surface area (Å²) in [5.41, 5.74) is 1.14. The molecule has 4 heteroatoms. The van der Waals surface area contributed by atoms with Gasteiger partial charge in [0.25, 0.3) is 0 Å². The van der Waals surface area contributed by atoms with Gasteiger partial charge in [-0.1, -0.05) is 17.7 Å². The fourth-order valence-corrected chi connectivity index (χ4v) is 2.83. The average molecular weight is 276 g/mol. The van der Waals surface area contributed by atoms with E-state index in [1.54, 1.807) is 6.20 Å². The Hall–Kier alpha value is -1.32. The number of fused-ring (bicyclic) bond motifs is 1. The molecule has 0 amide bonds. The number of nitrogens with zero attached hydrogens (tertiary/aromatic N) is 2. The SMILES string of the molecule is CN1CCC(Nc2ccc3ccnc(Cl)c3c2)CC1. The first-order chi connectivity index (χ1) is 9.22. The highest BCUT2D eigenvalue weighted by Gasteiger charge is 2.16. The third kappa shape index (κ3) is 2.82. The molecular weight excluding hydrogens is 258 g/mol. The molecule has 1 aromatic heterocycles. The molecule has 1 aliphatic heterocycles. The van der Waals surface area contributed by atoms with Gasteiger partial charge in [-0.25, -0.2) is 4.98 Å². The summed E-state index contributed by atoms with van der Waals surface area (Å²) in [7, 11) is 2.18. The molecule has 19 heavy (non-hydrogen) atoms. The van der Waals surface area contributed by atoms with E-state index in [1.165, 1.54) is 12.8 Å². The molecule has 1 saturated heterocycles. The molecule has 0 unspecified atom stereocenters. The Bertz CT molecular complexity index is 577. The van der Waals surface area contributed by atoms with Crippen molar-refractivity contribution in [2.45, 2.75) is 18.9 Å². The smallest absolute Gasteiger partial charge is 0.136 e. The lowest BCUT2D eigenvalue weighted by Crippen LogP contribution is -2.36. The van der Waals surface area contributed by atoms with Crippen LogP contribution in [0, 0.1) is 0 Å². The zero-order chi connectivity index (χ0) is 13.2. The van der Waals surface area contributed by atoms with Crippen LogP contribution in [0.2, 0.25) is 5.15 Å². The van der Waals surface area contributed by atoms with Gasteiger partial charge in [0.05, 0.1) is 0 Å². The molecule has 0 bridgehead atoms. The van der Waals surface area contributed by atoms with Gasteiger partial charge >= 0.3 is 0 Å². The minimum atomic E-state index is 0.559. The molecule has 1 aliphatic rings. The quantitative estimate of drug-likeness (QED) is 0.852. The highest BCUT2D eigenvalue weighted by molar-refractivity contribution is 6.34. The summed E-state index contributed by atoms with van der Waals surface area (Å²) >= 11 is 6.15. The number of nitrogens with one attached hydrogen (secondary N) is 1. The van der Waals surface area contributed by atoms with Gasteiger partial charge in [0.1, 0.15) is 5.15 Å². The normalized spacial score (nSPS) is 17.8. The Kier molecular flexibility index (Phi) is 3.58. The Labute approximate surface area is 118 Å². The zero-order valence-electron chi connectivity index (χ0n) is 11.1. The van der Waals surface area contributed by atoms with Gasteiger partial charge in [0.15, 0.2) is 0 Å². The number of hydrogen-bond donors (Lipinski definition) is 1. The summed E-state index contributed by atoms with van der Waals surface area (Å²) < 4.78 is 0. The Morgan fingerprint density at radius 2 is 2.05 bits per heavy atom. The lowest BCUT2D eigenvalue weighted by atomic mass is 10.0. The van der Waals surface area contributed by atoms with Crippen molar-refractivity contribution < 1.29 is 0 Å². The monoisotopic (exact) mass is 275 g/mol. The number of pyridine rings is 1. The molecule has 1 N–H and O–H groups in total. The van der Waals surface area contributed by atoms with Gasteiger partial charge in [-0.2, -0.15) is 0 Å². The summed E-state index contributed by atoms with van der Waals surface area (Å²) in [6.45, 7) is 2.32. The minimum absolute atomic E-state index is 0.559. The standard InChI is InChI=1S/C15H18ClN3/c1-19-8-5-12(6-9-19)18-13-3-2-11-4-7-17-15(16)14(11)10-13/h2-4,7,10,12,18H,5-6,8-9H2,1H3. The largest absolute Gasteiger partial charge is 0.382 e. The van der Waals surface area contributed by atoms with Crippen LogP contribution in [0.25, 0.3) is 10.8 Å². The van der Waals surface area contributed by atoms with Crippen molar-refractivity contribution in [3.8, 4) is 0 Å². The molecule has 0 atom stereocenters. The molecule has 3 rings (SSSR count).